The second-order valence-corrected chi connectivity index (χ2v) is 7.46. The van der Waals surface area contributed by atoms with Gasteiger partial charge in [0.15, 0.2) is 5.82 Å². The van der Waals surface area contributed by atoms with Gasteiger partial charge in [0.25, 0.3) is 0 Å². The fourth-order valence-corrected chi connectivity index (χ4v) is 3.52. The van der Waals surface area contributed by atoms with Crippen LogP contribution < -0.4 is 4.74 Å². The van der Waals surface area contributed by atoms with E-state index in [9.17, 15) is 0 Å². The number of H-pyrrole nitrogens is 1. The largest absolute Gasteiger partial charge is 0.488 e. The number of ether oxygens (including phenoxy) is 1. The summed E-state index contributed by atoms with van der Waals surface area (Å²) < 4.78 is 8.37. The summed E-state index contributed by atoms with van der Waals surface area (Å²) in [5.74, 6) is 1.62. The summed E-state index contributed by atoms with van der Waals surface area (Å²) >= 11 is 5.38. The lowest BCUT2D eigenvalue weighted by atomic mass is 10.0. The van der Waals surface area contributed by atoms with Gasteiger partial charge in [-0.05, 0) is 41.0 Å². The van der Waals surface area contributed by atoms with Crippen LogP contribution in [0.25, 0.3) is 10.8 Å². The first-order chi connectivity index (χ1) is 14.8. The molecule has 0 aliphatic carbocycles. The standard InChI is InChI=1S/C24H24N4OS/c1-2-3-13-23-26-27-24(30)28(23)25-16-21-20-12-8-7-11-19(20)14-15-22(21)29-17-18-9-5-4-6-10-18/h4-12,14-16H,2-3,13,17H2,1H3,(H,27,30)/b25-16-. The fourth-order valence-electron chi connectivity index (χ4n) is 3.33. The third-order valence-corrected chi connectivity index (χ3v) is 5.21. The van der Waals surface area contributed by atoms with E-state index < -0.39 is 0 Å². The number of benzene rings is 3. The smallest absolute Gasteiger partial charge is 0.216 e. The van der Waals surface area contributed by atoms with E-state index in [-0.39, 0.29) is 0 Å². The number of nitrogens with zero attached hydrogens (tertiary/aromatic N) is 3. The van der Waals surface area contributed by atoms with Gasteiger partial charge in [-0.25, -0.2) is 0 Å². The van der Waals surface area contributed by atoms with Crippen molar-refractivity contribution in [1.82, 2.24) is 14.9 Å². The van der Waals surface area contributed by atoms with Crippen LogP contribution in [0.1, 0.15) is 36.7 Å². The monoisotopic (exact) mass is 416 g/mol. The molecule has 0 spiro atoms. The Balaban J connectivity index is 1.70. The van der Waals surface area contributed by atoms with Crippen molar-refractivity contribution in [2.45, 2.75) is 32.8 Å². The van der Waals surface area contributed by atoms with Crippen molar-refractivity contribution in [2.75, 3.05) is 0 Å². The molecule has 6 heteroatoms. The molecule has 1 heterocycles. The zero-order valence-electron chi connectivity index (χ0n) is 16.9. The van der Waals surface area contributed by atoms with E-state index in [0.29, 0.717) is 11.4 Å². The lowest BCUT2D eigenvalue weighted by Crippen LogP contribution is -2.02. The Labute approximate surface area is 181 Å². The average Bonchev–Trinajstić information content (AvgIpc) is 3.14. The lowest BCUT2D eigenvalue weighted by molar-refractivity contribution is 0.306. The van der Waals surface area contributed by atoms with Crippen molar-refractivity contribution in [1.29, 1.82) is 0 Å². The molecule has 4 aromatic rings. The minimum Gasteiger partial charge on any atom is -0.488 e. The average molecular weight is 417 g/mol. The summed E-state index contributed by atoms with van der Waals surface area (Å²) in [4.78, 5) is 0. The van der Waals surface area contributed by atoms with Crippen molar-refractivity contribution in [3.8, 4) is 5.75 Å². The molecule has 0 unspecified atom stereocenters. The molecule has 0 fully saturated rings. The zero-order chi connectivity index (χ0) is 20.8. The van der Waals surface area contributed by atoms with Crippen molar-refractivity contribution >= 4 is 29.2 Å². The van der Waals surface area contributed by atoms with Gasteiger partial charge in [-0.15, -0.1) is 0 Å². The van der Waals surface area contributed by atoms with Gasteiger partial charge in [0.05, 0.1) is 6.21 Å². The number of aromatic amines is 1. The lowest BCUT2D eigenvalue weighted by Gasteiger charge is -2.12. The van der Waals surface area contributed by atoms with E-state index in [1.165, 1.54) is 0 Å². The van der Waals surface area contributed by atoms with Crippen LogP contribution in [0.4, 0.5) is 0 Å². The second-order valence-electron chi connectivity index (χ2n) is 7.08. The van der Waals surface area contributed by atoms with E-state index in [2.05, 4.69) is 52.6 Å². The highest BCUT2D eigenvalue weighted by Crippen LogP contribution is 2.27. The Morgan fingerprint density at radius 2 is 1.87 bits per heavy atom. The molecule has 5 nitrogen and oxygen atoms in total. The molecule has 0 saturated heterocycles. The second kappa shape index (κ2) is 9.50. The van der Waals surface area contributed by atoms with Gasteiger partial charge in [0.2, 0.25) is 4.77 Å². The van der Waals surface area contributed by atoms with Crippen molar-refractivity contribution < 1.29 is 4.74 Å². The third kappa shape index (κ3) is 4.49. The molecule has 0 bridgehead atoms. The predicted molar refractivity (Wildman–Crippen MR) is 124 cm³/mol. The minimum atomic E-state index is 0.490. The van der Waals surface area contributed by atoms with Gasteiger partial charge < -0.3 is 4.74 Å². The first kappa shape index (κ1) is 20.0. The SMILES string of the molecule is CCCCc1n[nH]c(=S)n1/N=C\c1c(OCc2ccccc2)ccc2ccccc12. The van der Waals surface area contributed by atoms with Crippen LogP contribution in [0.3, 0.4) is 0 Å². The number of fused-ring (bicyclic) bond motifs is 1. The molecule has 1 N–H and O–H groups in total. The Hall–Kier alpha value is -3.25. The summed E-state index contributed by atoms with van der Waals surface area (Å²) in [5, 5.41) is 14.1. The molecule has 0 aliphatic heterocycles. The van der Waals surface area contributed by atoms with Gasteiger partial charge in [-0.2, -0.15) is 14.9 Å². The normalized spacial score (nSPS) is 11.4. The van der Waals surface area contributed by atoms with E-state index in [4.69, 9.17) is 17.0 Å². The van der Waals surface area contributed by atoms with Crippen molar-refractivity contribution in [3.63, 3.8) is 0 Å². The summed E-state index contributed by atoms with van der Waals surface area (Å²) in [6.07, 6.45) is 4.77. The van der Waals surface area contributed by atoms with Crippen LogP contribution in [0.15, 0.2) is 71.8 Å². The number of rotatable bonds is 8. The molecule has 0 amide bonds. The quantitative estimate of drug-likeness (QED) is 0.287. The maximum atomic E-state index is 6.18. The summed E-state index contributed by atoms with van der Waals surface area (Å²) in [5.41, 5.74) is 2.04. The van der Waals surface area contributed by atoms with Crippen LogP contribution in [0.5, 0.6) is 5.75 Å². The Kier molecular flexibility index (Phi) is 6.35. The number of hydrogen-bond donors (Lipinski definition) is 1. The van der Waals surface area contributed by atoms with Crippen molar-refractivity contribution in [2.24, 2.45) is 5.10 Å². The molecule has 1 aromatic heterocycles. The highest BCUT2D eigenvalue weighted by atomic mass is 32.1. The third-order valence-electron chi connectivity index (χ3n) is 4.94. The predicted octanol–water partition coefficient (Wildman–Crippen LogP) is 5.90. The summed E-state index contributed by atoms with van der Waals surface area (Å²) in [6.45, 7) is 2.65. The Bertz CT molecular complexity index is 1210. The Morgan fingerprint density at radius 3 is 2.70 bits per heavy atom. The molecule has 4 rings (SSSR count). The van der Waals surface area contributed by atoms with Crippen LogP contribution in [0.2, 0.25) is 0 Å². The Morgan fingerprint density at radius 1 is 1.07 bits per heavy atom. The number of nitrogens with one attached hydrogen (secondary N) is 1. The van der Waals surface area contributed by atoms with Crippen molar-refractivity contribution in [3.05, 3.63) is 88.5 Å². The molecular formula is C24H24N4OS. The van der Waals surface area contributed by atoms with Crippen LogP contribution in [0, 0.1) is 4.77 Å². The van der Waals surface area contributed by atoms with E-state index in [0.717, 1.165) is 52.7 Å². The minimum absolute atomic E-state index is 0.490. The van der Waals surface area contributed by atoms with E-state index in [1.54, 1.807) is 4.68 Å². The topological polar surface area (TPSA) is 55.2 Å². The van der Waals surface area contributed by atoms with E-state index >= 15 is 0 Å². The maximum absolute atomic E-state index is 6.18. The molecule has 0 saturated carbocycles. The van der Waals surface area contributed by atoms with Gasteiger partial charge in [0.1, 0.15) is 12.4 Å². The number of unbranched alkanes of at least 4 members (excludes halogenated alkanes) is 1. The molecule has 0 atom stereocenters. The van der Waals surface area contributed by atoms with E-state index in [1.807, 2.05) is 42.6 Å². The number of aromatic nitrogens is 3. The number of aryl methyl sites for hydroxylation is 1. The van der Waals surface area contributed by atoms with Crippen LogP contribution in [-0.4, -0.2) is 21.1 Å². The molecular weight excluding hydrogens is 392 g/mol. The summed E-state index contributed by atoms with van der Waals surface area (Å²) in [7, 11) is 0. The van der Waals surface area contributed by atoms with Crippen LogP contribution in [-0.2, 0) is 13.0 Å². The first-order valence-corrected chi connectivity index (χ1v) is 10.6. The van der Waals surface area contributed by atoms with Crippen LogP contribution >= 0.6 is 12.2 Å². The summed E-state index contributed by atoms with van der Waals surface area (Å²) in [6, 6.07) is 22.4. The fraction of sp³-hybridized carbons (Fsp3) is 0.208. The first-order valence-electron chi connectivity index (χ1n) is 10.2. The zero-order valence-corrected chi connectivity index (χ0v) is 17.7. The van der Waals surface area contributed by atoms with Gasteiger partial charge in [-0.1, -0.05) is 74.0 Å². The molecule has 30 heavy (non-hydrogen) atoms. The highest BCUT2D eigenvalue weighted by molar-refractivity contribution is 7.71. The highest BCUT2D eigenvalue weighted by Gasteiger charge is 2.09. The van der Waals surface area contributed by atoms with Gasteiger partial charge in [-0.3, -0.25) is 5.10 Å². The van der Waals surface area contributed by atoms with Gasteiger partial charge in [0, 0.05) is 12.0 Å². The maximum Gasteiger partial charge on any atom is 0.216 e. The molecule has 0 radical (unpaired) electrons. The van der Waals surface area contributed by atoms with Gasteiger partial charge >= 0.3 is 0 Å². The molecule has 0 aliphatic rings. The molecule has 152 valence electrons. The molecule has 3 aromatic carbocycles. The number of hydrogen-bond acceptors (Lipinski definition) is 4.